The van der Waals surface area contributed by atoms with Crippen LogP contribution in [0.4, 0.5) is 14.5 Å². The van der Waals surface area contributed by atoms with Gasteiger partial charge in [-0.15, -0.1) is 0 Å². The third kappa shape index (κ3) is 3.62. The van der Waals surface area contributed by atoms with E-state index in [-0.39, 0.29) is 0 Å². The summed E-state index contributed by atoms with van der Waals surface area (Å²) in [5, 5.41) is 2.58. The molecule has 8 heteroatoms. The fourth-order valence-corrected chi connectivity index (χ4v) is 3.35. The molecular weight excluding hydrogens is 372 g/mol. The van der Waals surface area contributed by atoms with Crippen molar-refractivity contribution in [2.45, 2.75) is 31.5 Å². The minimum absolute atomic E-state index is 0.445. The van der Waals surface area contributed by atoms with Gasteiger partial charge in [-0.2, -0.15) is 0 Å². The first kappa shape index (κ1) is 18.2. The Morgan fingerprint density at radius 3 is 2.54 bits per heavy atom. The first-order valence-corrected chi connectivity index (χ1v) is 8.88. The standard InChI is InChI=1S/C20H17F2NO5/c21-12-3-5-14(15(22)9-12)19(25)26-11-18(24)23-13-4-6-16-17(10-13)28-20(27-16)7-1-2-8-20/h3-6,9-10H,1-2,7-8,11H2,(H,23,24). The zero-order valence-electron chi connectivity index (χ0n) is 14.8. The zero-order valence-corrected chi connectivity index (χ0v) is 14.8. The Hall–Kier alpha value is -3.16. The summed E-state index contributed by atoms with van der Waals surface area (Å²) in [5.41, 5.74) is 0.00514. The molecule has 0 bridgehead atoms. The van der Waals surface area contributed by atoms with Crippen LogP contribution in [0.3, 0.4) is 0 Å². The lowest BCUT2D eigenvalue weighted by Gasteiger charge is -2.21. The molecule has 2 aromatic rings. The molecule has 1 fully saturated rings. The van der Waals surface area contributed by atoms with Gasteiger partial charge in [0.2, 0.25) is 0 Å². The Labute approximate surface area is 159 Å². The van der Waals surface area contributed by atoms with Gasteiger partial charge in [0.15, 0.2) is 18.1 Å². The first-order valence-electron chi connectivity index (χ1n) is 8.88. The average Bonchev–Trinajstić information content (AvgIpc) is 3.25. The van der Waals surface area contributed by atoms with Gasteiger partial charge in [0.05, 0.1) is 5.56 Å². The van der Waals surface area contributed by atoms with Gasteiger partial charge < -0.3 is 19.5 Å². The summed E-state index contributed by atoms with van der Waals surface area (Å²) in [6.07, 6.45) is 3.72. The van der Waals surface area contributed by atoms with Gasteiger partial charge in [0.25, 0.3) is 11.7 Å². The summed E-state index contributed by atoms with van der Waals surface area (Å²) in [5.74, 6) is -2.95. The van der Waals surface area contributed by atoms with E-state index in [2.05, 4.69) is 5.32 Å². The number of halogens is 2. The van der Waals surface area contributed by atoms with Gasteiger partial charge >= 0.3 is 5.97 Å². The van der Waals surface area contributed by atoms with Crippen LogP contribution < -0.4 is 14.8 Å². The Kier molecular flexibility index (Phi) is 4.62. The van der Waals surface area contributed by atoms with Crippen LogP contribution >= 0.6 is 0 Å². The molecule has 0 atom stereocenters. The van der Waals surface area contributed by atoms with Crippen molar-refractivity contribution in [2.24, 2.45) is 0 Å². The summed E-state index contributed by atoms with van der Waals surface area (Å²) >= 11 is 0. The van der Waals surface area contributed by atoms with Crippen molar-refractivity contribution in [2.75, 3.05) is 11.9 Å². The number of carbonyl (C=O) groups is 2. The molecule has 28 heavy (non-hydrogen) atoms. The van der Waals surface area contributed by atoms with E-state index in [1.54, 1.807) is 18.2 Å². The molecule has 1 heterocycles. The average molecular weight is 389 g/mol. The van der Waals surface area contributed by atoms with Gasteiger partial charge in [0, 0.05) is 30.7 Å². The largest absolute Gasteiger partial charge is 0.452 e. The number of rotatable bonds is 4. The van der Waals surface area contributed by atoms with Crippen LogP contribution in [0.1, 0.15) is 36.0 Å². The van der Waals surface area contributed by atoms with Gasteiger partial charge in [-0.25, -0.2) is 13.6 Å². The van der Waals surface area contributed by atoms with Gasteiger partial charge in [0.1, 0.15) is 11.6 Å². The first-order chi connectivity index (χ1) is 13.4. The number of esters is 1. The normalized spacial score (nSPS) is 16.2. The lowest BCUT2D eigenvalue weighted by Crippen LogP contribution is -2.34. The molecule has 4 rings (SSSR count). The number of carbonyl (C=O) groups excluding carboxylic acids is 2. The van der Waals surface area contributed by atoms with E-state index in [9.17, 15) is 18.4 Å². The second kappa shape index (κ2) is 7.10. The number of amides is 1. The minimum Gasteiger partial charge on any atom is -0.452 e. The molecule has 0 aromatic heterocycles. The van der Waals surface area contributed by atoms with Crippen molar-refractivity contribution >= 4 is 17.6 Å². The lowest BCUT2D eigenvalue weighted by molar-refractivity contribution is -0.119. The zero-order chi connectivity index (χ0) is 19.7. The van der Waals surface area contributed by atoms with Crippen LogP contribution in [0.15, 0.2) is 36.4 Å². The van der Waals surface area contributed by atoms with Crippen LogP contribution in [0.5, 0.6) is 11.5 Å². The lowest BCUT2D eigenvalue weighted by atomic mass is 10.2. The van der Waals surface area contributed by atoms with Crippen LogP contribution in [0.25, 0.3) is 0 Å². The van der Waals surface area contributed by atoms with E-state index in [1.807, 2.05) is 0 Å². The highest BCUT2D eigenvalue weighted by molar-refractivity contribution is 5.95. The summed E-state index contributed by atoms with van der Waals surface area (Å²) in [7, 11) is 0. The molecule has 0 saturated heterocycles. The van der Waals surface area contributed by atoms with E-state index in [0.717, 1.165) is 37.8 Å². The van der Waals surface area contributed by atoms with Gasteiger partial charge in [-0.05, 0) is 37.1 Å². The Bertz CT molecular complexity index is 940. The third-order valence-corrected chi connectivity index (χ3v) is 4.67. The fourth-order valence-electron chi connectivity index (χ4n) is 3.35. The SMILES string of the molecule is O=C(COC(=O)c1ccc(F)cc1F)Nc1ccc2c(c1)OC1(CCCC1)O2. The maximum absolute atomic E-state index is 13.6. The highest BCUT2D eigenvalue weighted by Gasteiger charge is 2.44. The second-order valence-corrected chi connectivity index (χ2v) is 6.73. The van der Waals surface area contributed by atoms with Gasteiger partial charge in [-0.3, -0.25) is 4.79 Å². The van der Waals surface area contributed by atoms with Crippen molar-refractivity contribution in [3.63, 3.8) is 0 Å². The van der Waals surface area contributed by atoms with Crippen LogP contribution in [0, 0.1) is 11.6 Å². The number of anilines is 1. The molecule has 1 N–H and O–H groups in total. The molecule has 146 valence electrons. The van der Waals surface area contributed by atoms with E-state index in [1.165, 1.54) is 0 Å². The fraction of sp³-hybridized carbons (Fsp3) is 0.300. The predicted octanol–water partition coefficient (Wildman–Crippen LogP) is 3.80. The molecule has 1 aliphatic heterocycles. The minimum atomic E-state index is -1.05. The van der Waals surface area contributed by atoms with Crippen LogP contribution in [-0.2, 0) is 9.53 Å². The van der Waals surface area contributed by atoms with E-state index < -0.39 is 41.5 Å². The van der Waals surface area contributed by atoms with Crippen molar-refractivity contribution in [1.29, 1.82) is 0 Å². The summed E-state index contributed by atoms with van der Waals surface area (Å²) in [4.78, 5) is 23.9. The van der Waals surface area contributed by atoms with Crippen molar-refractivity contribution in [3.8, 4) is 11.5 Å². The molecule has 2 aromatic carbocycles. The number of fused-ring (bicyclic) bond motifs is 1. The van der Waals surface area contributed by atoms with Gasteiger partial charge in [-0.1, -0.05) is 0 Å². The van der Waals surface area contributed by atoms with E-state index in [0.29, 0.717) is 23.3 Å². The second-order valence-electron chi connectivity index (χ2n) is 6.73. The number of nitrogens with one attached hydrogen (secondary N) is 1. The Morgan fingerprint density at radius 1 is 1.04 bits per heavy atom. The molecule has 1 saturated carbocycles. The third-order valence-electron chi connectivity index (χ3n) is 4.67. The topological polar surface area (TPSA) is 73.9 Å². The predicted molar refractivity (Wildman–Crippen MR) is 94.2 cm³/mol. The van der Waals surface area contributed by atoms with Crippen molar-refractivity contribution in [1.82, 2.24) is 0 Å². The molecule has 2 aliphatic rings. The number of hydrogen-bond donors (Lipinski definition) is 1. The maximum Gasteiger partial charge on any atom is 0.341 e. The van der Waals surface area contributed by atoms with E-state index in [4.69, 9.17) is 14.2 Å². The Balaban J connectivity index is 1.34. The van der Waals surface area contributed by atoms with Crippen LogP contribution in [-0.4, -0.2) is 24.3 Å². The molecule has 0 unspecified atom stereocenters. The molecule has 1 aliphatic carbocycles. The monoisotopic (exact) mass is 389 g/mol. The number of ether oxygens (including phenoxy) is 3. The molecule has 0 radical (unpaired) electrons. The maximum atomic E-state index is 13.6. The quantitative estimate of drug-likeness (QED) is 0.806. The molecule has 1 amide bonds. The van der Waals surface area contributed by atoms with Crippen LogP contribution in [0.2, 0.25) is 0 Å². The number of hydrogen-bond acceptors (Lipinski definition) is 5. The Morgan fingerprint density at radius 2 is 1.79 bits per heavy atom. The molecule has 1 spiro atoms. The summed E-state index contributed by atoms with van der Waals surface area (Å²) in [6.45, 7) is -0.617. The van der Waals surface area contributed by atoms with Crippen molar-refractivity contribution in [3.05, 3.63) is 53.6 Å². The summed E-state index contributed by atoms with van der Waals surface area (Å²) in [6, 6.07) is 7.46. The highest BCUT2D eigenvalue weighted by atomic mass is 19.1. The molecule has 6 nitrogen and oxygen atoms in total. The highest BCUT2D eigenvalue weighted by Crippen LogP contribution is 2.47. The van der Waals surface area contributed by atoms with Crippen molar-refractivity contribution < 1.29 is 32.6 Å². The smallest absolute Gasteiger partial charge is 0.341 e. The molecular formula is C20H17F2NO5. The summed E-state index contributed by atoms with van der Waals surface area (Å²) < 4.78 is 43.0. The number of benzene rings is 2. The van der Waals surface area contributed by atoms with E-state index >= 15 is 0 Å².